The molecule has 1 heterocycles. The van der Waals surface area contributed by atoms with E-state index in [-0.39, 0.29) is 0 Å². The molecule has 1 aromatic carbocycles. The lowest BCUT2D eigenvalue weighted by atomic mass is 10.1. The van der Waals surface area contributed by atoms with Crippen molar-refractivity contribution in [1.29, 1.82) is 0 Å². The first-order chi connectivity index (χ1) is 6.74. The Morgan fingerprint density at radius 2 is 2.00 bits per heavy atom. The zero-order chi connectivity index (χ0) is 10.1. The number of aryl methyl sites for hydroxylation is 2. The summed E-state index contributed by atoms with van der Waals surface area (Å²) in [5.74, 6) is 0.969. The Kier molecular flexibility index (Phi) is 2.16. The van der Waals surface area contributed by atoms with Crippen molar-refractivity contribution in [1.82, 2.24) is 0 Å². The maximum Gasteiger partial charge on any atom is 0.135 e. The maximum atomic E-state index is 5.73. The van der Waals surface area contributed by atoms with Crippen molar-refractivity contribution in [3.05, 3.63) is 41.2 Å². The summed E-state index contributed by atoms with van der Waals surface area (Å²) in [5.41, 5.74) is 3.49. The molecule has 1 heteroatoms. The van der Waals surface area contributed by atoms with Crippen LogP contribution in [0.25, 0.3) is 17.0 Å². The van der Waals surface area contributed by atoms with Crippen LogP contribution in [0.15, 0.2) is 28.7 Å². The van der Waals surface area contributed by atoms with Crippen LogP contribution in [0.1, 0.15) is 23.8 Å². The molecular formula is C13H14O. The molecule has 0 fully saturated rings. The maximum absolute atomic E-state index is 5.73. The van der Waals surface area contributed by atoms with Crippen LogP contribution < -0.4 is 0 Å². The SMILES string of the molecule is C/C=C\c1oc2cccc(C)c2c1C. The average Bonchev–Trinajstić information content (AvgIpc) is 2.46. The molecule has 14 heavy (non-hydrogen) atoms. The van der Waals surface area contributed by atoms with E-state index < -0.39 is 0 Å². The van der Waals surface area contributed by atoms with Crippen LogP contribution in [0.3, 0.4) is 0 Å². The molecule has 2 rings (SSSR count). The quantitative estimate of drug-likeness (QED) is 0.654. The first-order valence-electron chi connectivity index (χ1n) is 4.85. The van der Waals surface area contributed by atoms with Gasteiger partial charge in [-0.1, -0.05) is 18.2 Å². The molecule has 0 amide bonds. The molecule has 1 nitrogen and oxygen atoms in total. The summed E-state index contributed by atoms with van der Waals surface area (Å²) in [6.07, 6.45) is 4.01. The topological polar surface area (TPSA) is 13.1 Å². The summed E-state index contributed by atoms with van der Waals surface area (Å²) < 4.78 is 5.73. The van der Waals surface area contributed by atoms with E-state index >= 15 is 0 Å². The van der Waals surface area contributed by atoms with Gasteiger partial charge in [-0.15, -0.1) is 0 Å². The van der Waals surface area contributed by atoms with E-state index in [2.05, 4.69) is 19.9 Å². The largest absolute Gasteiger partial charge is 0.456 e. The highest BCUT2D eigenvalue weighted by Crippen LogP contribution is 2.28. The third-order valence-electron chi connectivity index (χ3n) is 2.52. The van der Waals surface area contributed by atoms with Gasteiger partial charge in [0.25, 0.3) is 0 Å². The fourth-order valence-corrected chi connectivity index (χ4v) is 1.84. The summed E-state index contributed by atoms with van der Waals surface area (Å²) >= 11 is 0. The number of hydrogen-bond acceptors (Lipinski definition) is 1. The van der Waals surface area contributed by atoms with Gasteiger partial charge in [0.05, 0.1) is 0 Å². The highest BCUT2D eigenvalue weighted by atomic mass is 16.3. The highest BCUT2D eigenvalue weighted by molar-refractivity contribution is 5.87. The van der Waals surface area contributed by atoms with E-state index in [9.17, 15) is 0 Å². The average molecular weight is 186 g/mol. The first kappa shape index (κ1) is 9.07. The van der Waals surface area contributed by atoms with Gasteiger partial charge < -0.3 is 4.42 Å². The summed E-state index contributed by atoms with van der Waals surface area (Å²) in [4.78, 5) is 0. The van der Waals surface area contributed by atoms with Crippen molar-refractivity contribution < 1.29 is 4.42 Å². The standard InChI is InChI=1S/C13H14O/c1-4-6-11-10(3)13-9(2)7-5-8-12(13)14-11/h4-8H,1-3H3/b6-4-. The third-order valence-corrected chi connectivity index (χ3v) is 2.52. The van der Waals surface area contributed by atoms with E-state index in [0.29, 0.717) is 0 Å². The van der Waals surface area contributed by atoms with Crippen LogP contribution in [0.2, 0.25) is 0 Å². The fraction of sp³-hybridized carbons (Fsp3) is 0.231. The van der Waals surface area contributed by atoms with E-state index in [1.165, 1.54) is 16.5 Å². The van der Waals surface area contributed by atoms with Crippen LogP contribution in [0.4, 0.5) is 0 Å². The highest BCUT2D eigenvalue weighted by Gasteiger charge is 2.08. The minimum Gasteiger partial charge on any atom is -0.456 e. The van der Waals surface area contributed by atoms with E-state index in [4.69, 9.17) is 4.42 Å². The third kappa shape index (κ3) is 1.25. The Hall–Kier alpha value is -1.50. The Labute approximate surface area is 84.0 Å². The lowest BCUT2D eigenvalue weighted by molar-refractivity contribution is 0.601. The molecule has 0 bridgehead atoms. The van der Waals surface area contributed by atoms with Crippen LogP contribution in [0, 0.1) is 13.8 Å². The van der Waals surface area contributed by atoms with Crippen LogP contribution in [-0.2, 0) is 0 Å². The fourth-order valence-electron chi connectivity index (χ4n) is 1.84. The van der Waals surface area contributed by atoms with E-state index in [1.807, 2.05) is 31.2 Å². The van der Waals surface area contributed by atoms with Gasteiger partial charge in [-0.05, 0) is 38.5 Å². The van der Waals surface area contributed by atoms with Crippen LogP contribution in [-0.4, -0.2) is 0 Å². The lowest BCUT2D eigenvalue weighted by Crippen LogP contribution is -1.76. The molecule has 0 aliphatic rings. The molecule has 0 saturated heterocycles. The molecular weight excluding hydrogens is 172 g/mol. The van der Waals surface area contributed by atoms with Gasteiger partial charge in [0.15, 0.2) is 0 Å². The van der Waals surface area contributed by atoms with Crippen molar-refractivity contribution >= 4 is 17.0 Å². The zero-order valence-electron chi connectivity index (χ0n) is 8.79. The number of fused-ring (bicyclic) bond motifs is 1. The van der Waals surface area contributed by atoms with Gasteiger partial charge in [-0.25, -0.2) is 0 Å². The van der Waals surface area contributed by atoms with Crippen molar-refractivity contribution in [2.75, 3.05) is 0 Å². The molecule has 2 aromatic rings. The molecule has 0 unspecified atom stereocenters. The molecule has 0 aliphatic carbocycles. The van der Waals surface area contributed by atoms with Gasteiger partial charge in [-0.2, -0.15) is 0 Å². The molecule has 0 spiro atoms. The van der Waals surface area contributed by atoms with Crippen molar-refractivity contribution in [2.24, 2.45) is 0 Å². The van der Waals surface area contributed by atoms with Crippen molar-refractivity contribution in [2.45, 2.75) is 20.8 Å². The summed E-state index contributed by atoms with van der Waals surface area (Å²) in [6.45, 7) is 6.22. The zero-order valence-corrected chi connectivity index (χ0v) is 8.79. The predicted molar refractivity (Wildman–Crippen MR) is 60.4 cm³/mol. The molecule has 0 N–H and O–H groups in total. The van der Waals surface area contributed by atoms with E-state index in [0.717, 1.165) is 11.3 Å². The Morgan fingerprint density at radius 3 is 2.64 bits per heavy atom. The van der Waals surface area contributed by atoms with Gasteiger partial charge in [-0.3, -0.25) is 0 Å². The lowest BCUT2D eigenvalue weighted by Gasteiger charge is -1.94. The summed E-state index contributed by atoms with van der Waals surface area (Å²) in [5, 5.41) is 1.25. The Balaban J connectivity index is 2.80. The molecule has 1 aromatic heterocycles. The van der Waals surface area contributed by atoms with Crippen molar-refractivity contribution in [3.63, 3.8) is 0 Å². The van der Waals surface area contributed by atoms with E-state index in [1.54, 1.807) is 0 Å². The Bertz CT molecular complexity index is 489. The van der Waals surface area contributed by atoms with Gasteiger partial charge >= 0.3 is 0 Å². The monoisotopic (exact) mass is 186 g/mol. The Morgan fingerprint density at radius 1 is 1.21 bits per heavy atom. The van der Waals surface area contributed by atoms with Gasteiger partial charge in [0.1, 0.15) is 11.3 Å². The normalized spacial score (nSPS) is 11.6. The number of rotatable bonds is 1. The number of allylic oxidation sites excluding steroid dienone is 1. The van der Waals surface area contributed by atoms with Crippen molar-refractivity contribution in [3.8, 4) is 0 Å². The molecule has 0 radical (unpaired) electrons. The second-order valence-electron chi connectivity index (χ2n) is 3.54. The number of benzene rings is 1. The first-order valence-corrected chi connectivity index (χ1v) is 4.85. The molecule has 0 atom stereocenters. The molecule has 0 saturated carbocycles. The minimum absolute atomic E-state index is 0.969. The van der Waals surface area contributed by atoms with Gasteiger partial charge in [0.2, 0.25) is 0 Å². The number of hydrogen-bond donors (Lipinski definition) is 0. The second kappa shape index (κ2) is 3.33. The smallest absolute Gasteiger partial charge is 0.135 e. The summed E-state index contributed by atoms with van der Waals surface area (Å²) in [7, 11) is 0. The molecule has 72 valence electrons. The van der Waals surface area contributed by atoms with Crippen LogP contribution >= 0.6 is 0 Å². The minimum atomic E-state index is 0.969. The number of furan rings is 1. The van der Waals surface area contributed by atoms with Crippen LogP contribution in [0.5, 0.6) is 0 Å². The second-order valence-corrected chi connectivity index (χ2v) is 3.54. The predicted octanol–water partition coefficient (Wildman–Crippen LogP) is 4.08. The molecule has 0 aliphatic heterocycles. The van der Waals surface area contributed by atoms with Gasteiger partial charge in [0, 0.05) is 10.9 Å². The summed E-state index contributed by atoms with van der Waals surface area (Å²) in [6, 6.07) is 6.16.